The van der Waals surface area contributed by atoms with Crippen molar-refractivity contribution in [3.63, 3.8) is 0 Å². The number of hydrogen-bond acceptors (Lipinski definition) is 11. The highest BCUT2D eigenvalue weighted by atomic mass is 79.9. The number of carboxylic acids is 1. The minimum atomic E-state index is -1.44. The number of carboxylic acid groups (broad SMARTS) is 1. The molecule has 1 saturated heterocycles. The molecule has 7 rings (SSSR count). The van der Waals surface area contributed by atoms with Gasteiger partial charge in [-0.15, -0.1) is 11.3 Å². The minimum absolute atomic E-state index is 0.00215. The number of aliphatic hydroxyl groups is 2. The molecule has 3 saturated carbocycles. The van der Waals surface area contributed by atoms with Gasteiger partial charge in [0, 0.05) is 28.9 Å². The largest absolute Gasteiger partial charge is 0.481 e. The van der Waals surface area contributed by atoms with E-state index in [1.54, 1.807) is 24.3 Å². The molecule has 5 aliphatic rings. The molecular formula is C42H48BrN3O11S. The quantitative estimate of drug-likeness (QED) is 0.150. The standard InChI is InChI=1S/C42H48BrN3O11S/c1-40-12-11-26(48)15-24(40)5-8-27-28-16-33-42(32(50)20-47,41(28,2)17-30(49)37(27)40)57-39(56-33)31-14-23(21-58-31)13-22-3-6-25(7-4-22)45-38(55)29(9-10-36(53)54)46-35(52)19-44-34(51)18-43/h3-4,6-7,11-12,14-15,21,27-30,33,37,39,47,49H,5,8-10,13,16-20H2,1-2H3,(H,44,51)(H,45,55)(H,46,52)(H,53,54)/t27-,28-,29-,30-,33+,37+,39+,40-,41-,42+/m0/s1. The third-order valence-corrected chi connectivity index (χ3v) is 14.7. The predicted octanol–water partition coefficient (Wildman–Crippen LogP) is 3.74. The highest BCUT2D eigenvalue weighted by Gasteiger charge is 2.76. The summed E-state index contributed by atoms with van der Waals surface area (Å²) in [7, 11) is 0. The number of carbonyl (C=O) groups excluding carboxylic acids is 5. The number of thiophene rings is 1. The summed E-state index contributed by atoms with van der Waals surface area (Å²) in [6.07, 6.45) is 5.42. The van der Waals surface area contributed by atoms with Crippen LogP contribution in [0.3, 0.4) is 0 Å². The van der Waals surface area contributed by atoms with Gasteiger partial charge in [0.05, 0.1) is 29.0 Å². The molecule has 0 spiro atoms. The molecule has 14 nitrogen and oxygen atoms in total. The molecule has 3 amide bonds. The number of anilines is 1. The van der Waals surface area contributed by atoms with Gasteiger partial charge in [-0.3, -0.25) is 28.8 Å². The summed E-state index contributed by atoms with van der Waals surface area (Å²) in [5.74, 6) is -3.33. The van der Waals surface area contributed by atoms with Gasteiger partial charge in [-0.1, -0.05) is 53.6 Å². The highest BCUT2D eigenvalue weighted by Crippen LogP contribution is 2.70. The number of Topliss-reactive ketones (excluding diaryl/α,β-unsaturated/α-hetero) is 1. The maximum Gasteiger partial charge on any atom is 0.303 e. The molecule has 0 radical (unpaired) electrons. The number of ether oxygens (including phenoxy) is 2. The second-order valence-corrected chi connectivity index (χ2v) is 18.0. The van der Waals surface area contributed by atoms with Crippen LogP contribution in [0.1, 0.15) is 74.7 Å². The first-order valence-electron chi connectivity index (χ1n) is 19.5. The van der Waals surface area contributed by atoms with Crippen LogP contribution in [0.25, 0.3) is 0 Å². The average molecular weight is 883 g/mol. The fourth-order valence-electron chi connectivity index (χ4n) is 10.6. The highest BCUT2D eigenvalue weighted by molar-refractivity contribution is 9.09. The molecule has 16 heteroatoms. The summed E-state index contributed by atoms with van der Waals surface area (Å²) in [5, 5.41) is 41.0. The molecule has 310 valence electrons. The van der Waals surface area contributed by atoms with E-state index in [0.29, 0.717) is 24.9 Å². The Morgan fingerprint density at radius 1 is 1.09 bits per heavy atom. The molecule has 2 aromatic rings. The summed E-state index contributed by atoms with van der Waals surface area (Å²) in [6, 6.07) is 7.91. The fourth-order valence-corrected chi connectivity index (χ4v) is 11.7. The molecule has 1 aromatic heterocycles. The number of aliphatic hydroxyl groups excluding tert-OH is 2. The normalized spacial score (nSPS) is 32.5. The van der Waals surface area contributed by atoms with E-state index in [9.17, 15) is 39.0 Å². The van der Waals surface area contributed by atoms with Gasteiger partial charge in [0.25, 0.3) is 0 Å². The Morgan fingerprint density at radius 3 is 2.55 bits per heavy atom. The van der Waals surface area contributed by atoms with Crippen LogP contribution in [0.4, 0.5) is 5.69 Å². The number of amides is 3. The number of allylic oxidation sites excluding steroid dienone is 4. The van der Waals surface area contributed by atoms with Gasteiger partial charge >= 0.3 is 5.97 Å². The van der Waals surface area contributed by atoms with E-state index < -0.39 is 77.1 Å². The van der Waals surface area contributed by atoms with Gasteiger partial charge < -0.3 is 40.7 Å². The number of halogens is 1. The Labute approximate surface area is 347 Å². The smallest absolute Gasteiger partial charge is 0.303 e. The van der Waals surface area contributed by atoms with Crippen molar-refractivity contribution >= 4 is 68.2 Å². The number of fused-ring (bicyclic) bond motifs is 7. The summed E-state index contributed by atoms with van der Waals surface area (Å²) in [5.41, 5.74) is 0.666. The number of ketones is 2. The third-order valence-electron chi connectivity index (χ3n) is 13.2. The Hall–Kier alpha value is -4.06. The van der Waals surface area contributed by atoms with Crippen molar-refractivity contribution in [3.8, 4) is 0 Å². The molecule has 4 aliphatic carbocycles. The van der Waals surface area contributed by atoms with Crippen LogP contribution >= 0.6 is 27.3 Å². The second kappa shape index (κ2) is 16.5. The molecule has 0 bridgehead atoms. The van der Waals surface area contributed by atoms with Gasteiger partial charge in [-0.25, -0.2) is 0 Å². The Morgan fingerprint density at radius 2 is 1.84 bits per heavy atom. The maximum absolute atomic E-state index is 13.9. The lowest BCUT2D eigenvalue weighted by atomic mass is 9.46. The predicted molar refractivity (Wildman–Crippen MR) is 215 cm³/mol. The lowest BCUT2D eigenvalue weighted by molar-refractivity contribution is -0.200. The number of hydrogen-bond donors (Lipinski definition) is 6. The first kappa shape index (κ1) is 42.1. The molecule has 1 aliphatic heterocycles. The van der Waals surface area contributed by atoms with E-state index >= 15 is 0 Å². The van der Waals surface area contributed by atoms with E-state index in [1.165, 1.54) is 11.3 Å². The zero-order valence-corrected chi connectivity index (χ0v) is 34.6. The lowest BCUT2D eigenvalue weighted by Gasteiger charge is -2.59. The Kier molecular flexibility index (Phi) is 12.0. The second-order valence-electron chi connectivity index (χ2n) is 16.5. The van der Waals surface area contributed by atoms with Crippen molar-refractivity contribution < 1.29 is 53.6 Å². The molecular weight excluding hydrogens is 834 g/mol. The summed E-state index contributed by atoms with van der Waals surface area (Å²) in [4.78, 5) is 75.0. The number of benzene rings is 1. The van der Waals surface area contributed by atoms with Crippen LogP contribution in [0, 0.1) is 28.6 Å². The van der Waals surface area contributed by atoms with E-state index in [0.717, 1.165) is 34.4 Å². The van der Waals surface area contributed by atoms with Crippen LogP contribution in [0.15, 0.2) is 59.5 Å². The van der Waals surface area contributed by atoms with Crippen LogP contribution in [-0.4, -0.2) is 92.9 Å². The summed E-state index contributed by atoms with van der Waals surface area (Å²) in [6.45, 7) is 3.03. The van der Waals surface area contributed by atoms with E-state index in [2.05, 4.69) is 38.8 Å². The Balaban J connectivity index is 1.01. The molecule has 0 unspecified atom stereocenters. The monoisotopic (exact) mass is 881 g/mol. The van der Waals surface area contributed by atoms with Gasteiger partial charge in [0.2, 0.25) is 17.7 Å². The van der Waals surface area contributed by atoms with Crippen LogP contribution in [-0.2, 0) is 44.7 Å². The molecule has 1 aromatic carbocycles. The van der Waals surface area contributed by atoms with Crippen molar-refractivity contribution in [2.75, 3.05) is 23.8 Å². The summed E-state index contributed by atoms with van der Waals surface area (Å²) >= 11 is 4.43. The van der Waals surface area contributed by atoms with Crippen LogP contribution < -0.4 is 16.0 Å². The summed E-state index contributed by atoms with van der Waals surface area (Å²) < 4.78 is 13.4. The first-order valence-corrected chi connectivity index (χ1v) is 21.5. The molecule has 2 heterocycles. The molecule has 10 atom stereocenters. The van der Waals surface area contributed by atoms with E-state index in [1.807, 2.05) is 36.6 Å². The van der Waals surface area contributed by atoms with Crippen molar-refractivity contribution in [1.29, 1.82) is 0 Å². The molecule has 6 N–H and O–H groups in total. The minimum Gasteiger partial charge on any atom is -0.481 e. The molecule has 4 fully saturated rings. The SMILES string of the molecule is C[C@]12C=CC(=O)C=C1CC[C@@H]1[C@@H]2[C@@H](O)C[C@@]2(C)[C@H]1C[C@H]1O[C@@H](c3cc(Cc4ccc(NC(=O)[C@H](CCC(=O)O)NC(=O)CNC(=O)CBr)cc4)cs3)O[C@]12C(=O)CO. The zero-order chi connectivity index (χ0) is 41.6. The van der Waals surface area contributed by atoms with Crippen molar-refractivity contribution in [1.82, 2.24) is 10.6 Å². The number of nitrogens with one attached hydrogen (secondary N) is 3. The lowest BCUT2D eigenvalue weighted by Crippen LogP contribution is -2.63. The maximum atomic E-state index is 13.9. The first-order chi connectivity index (χ1) is 27.6. The van der Waals surface area contributed by atoms with Gasteiger partial charge in [0.1, 0.15) is 12.6 Å². The van der Waals surface area contributed by atoms with Crippen LogP contribution in [0.2, 0.25) is 0 Å². The van der Waals surface area contributed by atoms with Gasteiger partial charge in [-0.05, 0) is 97.2 Å². The van der Waals surface area contributed by atoms with Gasteiger partial charge in [-0.2, -0.15) is 0 Å². The van der Waals surface area contributed by atoms with Crippen molar-refractivity contribution in [2.24, 2.45) is 28.6 Å². The number of rotatable bonds is 14. The average Bonchev–Trinajstić information content (AvgIpc) is 3.88. The number of aliphatic carboxylic acids is 1. The third kappa shape index (κ3) is 7.63. The molecule has 58 heavy (non-hydrogen) atoms. The van der Waals surface area contributed by atoms with Crippen LogP contribution in [0.5, 0.6) is 0 Å². The van der Waals surface area contributed by atoms with Crippen molar-refractivity contribution in [2.45, 2.75) is 88.9 Å². The van der Waals surface area contributed by atoms with Crippen molar-refractivity contribution in [3.05, 3.63) is 75.5 Å². The van der Waals surface area contributed by atoms with E-state index in [-0.39, 0.29) is 48.3 Å². The topological polar surface area (TPSA) is 218 Å². The Bertz CT molecular complexity index is 2050. The van der Waals surface area contributed by atoms with E-state index in [4.69, 9.17) is 14.6 Å². The van der Waals surface area contributed by atoms with Gasteiger partial charge in [0.15, 0.2) is 23.5 Å². The zero-order valence-electron chi connectivity index (χ0n) is 32.2. The number of alkyl halides is 1. The fraction of sp³-hybridized carbons (Fsp3) is 0.524. The number of carbonyl (C=O) groups is 6.